The van der Waals surface area contributed by atoms with Crippen LogP contribution < -0.4 is 0 Å². The lowest BCUT2D eigenvalue weighted by Gasteiger charge is -2.02. The molecule has 0 fully saturated rings. The molecular formula is C10H10Cl2O. The van der Waals surface area contributed by atoms with Crippen LogP contribution in [0.1, 0.15) is 18.1 Å². The Hall–Kier alpha value is -0.530. The SMILES string of the molecule is CC(=O)Cc1cc(Cl)cc(CCl)c1. The first-order chi connectivity index (χ1) is 6.11. The number of Topliss-reactive ketones (excluding diaryl/α,β-unsaturated/α-hetero) is 1. The van der Waals surface area contributed by atoms with E-state index >= 15 is 0 Å². The van der Waals surface area contributed by atoms with E-state index in [-0.39, 0.29) is 5.78 Å². The van der Waals surface area contributed by atoms with Crippen molar-refractivity contribution in [2.45, 2.75) is 19.2 Å². The number of hydrogen-bond donors (Lipinski definition) is 0. The van der Waals surface area contributed by atoms with Gasteiger partial charge in [0.15, 0.2) is 0 Å². The van der Waals surface area contributed by atoms with E-state index in [1.54, 1.807) is 19.1 Å². The van der Waals surface area contributed by atoms with E-state index in [1.165, 1.54) is 0 Å². The molecule has 0 unspecified atom stereocenters. The van der Waals surface area contributed by atoms with Gasteiger partial charge in [-0.2, -0.15) is 0 Å². The summed E-state index contributed by atoms with van der Waals surface area (Å²) in [5.74, 6) is 0.550. The molecule has 0 saturated carbocycles. The van der Waals surface area contributed by atoms with Crippen LogP contribution in [0.5, 0.6) is 0 Å². The average molecular weight is 217 g/mol. The highest BCUT2D eigenvalue weighted by molar-refractivity contribution is 6.30. The van der Waals surface area contributed by atoms with Gasteiger partial charge in [0.05, 0.1) is 0 Å². The van der Waals surface area contributed by atoms with E-state index in [9.17, 15) is 4.79 Å². The van der Waals surface area contributed by atoms with Gasteiger partial charge < -0.3 is 0 Å². The second-order valence-electron chi connectivity index (χ2n) is 2.98. The summed E-state index contributed by atoms with van der Waals surface area (Å²) >= 11 is 11.5. The molecule has 0 N–H and O–H groups in total. The summed E-state index contributed by atoms with van der Waals surface area (Å²) in [6, 6.07) is 5.50. The number of carbonyl (C=O) groups is 1. The molecule has 0 atom stereocenters. The van der Waals surface area contributed by atoms with Crippen molar-refractivity contribution in [2.24, 2.45) is 0 Å². The van der Waals surface area contributed by atoms with Gasteiger partial charge in [-0.1, -0.05) is 17.7 Å². The lowest BCUT2D eigenvalue weighted by molar-refractivity contribution is -0.116. The number of halogens is 2. The molecule has 0 heterocycles. The van der Waals surface area contributed by atoms with Gasteiger partial charge in [0.1, 0.15) is 5.78 Å². The van der Waals surface area contributed by atoms with Gasteiger partial charge in [-0.05, 0) is 30.2 Å². The molecule has 70 valence electrons. The maximum absolute atomic E-state index is 10.8. The normalized spacial score (nSPS) is 10.1. The van der Waals surface area contributed by atoms with Crippen molar-refractivity contribution < 1.29 is 4.79 Å². The maximum Gasteiger partial charge on any atom is 0.134 e. The van der Waals surface area contributed by atoms with E-state index in [1.807, 2.05) is 6.07 Å². The molecule has 1 aromatic rings. The van der Waals surface area contributed by atoms with E-state index in [2.05, 4.69) is 0 Å². The molecule has 0 bridgehead atoms. The highest BCUT2D eigenvalue weighted by Gasteiger charge is 2.01. The van der Waals surface area contributed by atoms with Crippen molar-refractivity contribution in [3.63, 3.8) is 0 Å². The van der Waals surface area contributed by atoms with Crippen molar-refractivity contribution in [3.05, 3.63) is 34.3 Å². The predicted octanol–water partition coefficient (Wildman–Crippen LogP) is 3.21. The van der Waals surface area contributed by atoms with Crippen molar-refractivity contribution in [2.75, 3.05) is 0 Å². The maximum atomic E-state index is 10.8. The summed E-state index contributed by atoms with van der Waals surface area (Å²) in [7, 11) is 0. The molecule has 0 aromatic heterocycles. The molecule has 1 rings (SSSR count). The Morgan fingerprint density at radius 3 is 2.46 bits per heavy atom. The van der Waals surface area contributed by atoms with E-state index in [0.29, 0.717) is 17.3 Å². The molecule has 0 saturated heterocycles. The molecule has 0 aliphatic heterocycles. The van der Waals surface area contributed by atoms with Crippen LogP contribution >= 0.6 is 23.2 Å². The summed E-state index contributed by atoms with van der Waals surface area (Å²) < 4.78 is 0. The van der Waals surface area contributed by atoms with Gasteiger partial charge in [0.2, 0.25) is 0 Å². The number of rotatable bonds is 3. The second kappa shape index (κ2) is 4.64. The number of ketones is 1. The van der Waals surface area contributed by atoms with Gasteiger partial charge >= 0.3 is 0 Å². The van der Waals surface area contributed by atoms with E-state index < -0.39 is 0 Å². The summed E-state index contributed by atoms with van der Waals surface area (Å²) in [6.07, 6.45) is 0.421. The van der Waals surface area contributed by atoms with Crippen molar-refractivity contribution >= 4 is 29.0 Å². The van der Waals surface area contributed by atoms with Gasteiger partial charge in [0, 0.05) is 17.3 Å². The summed E-state index contributed by atoms with van der Waals surface area (Å²) in [5, 5.41) is 0.634. The zero-order chi connectivity index (χ0) is 9.84. The Labute approximate surface area is 87.7 Å². The van der Waals surface area contributed by atoms with Crippen molar-refractivity contribution in [3.8, 4) is 0 Å². The third-order valence-electron chi connectivity index (χ3n) is 1.62. The van der Waals surface area contributed by atoms with Gasteiger partial charge in [-0.3, -0.25) is 4.79 Å². The predicted molar refractivity (Wildman–Crippen MR) is 55.4 cm³/mol. The Balaban J connectivity index is 2.94. The lowest BCUT2D eigenvalue weighted by Crippen LogP contribution is -1.96. The number of benzene rings is 1. The Kier molecular flexibility index (Phi) is 3.76. The van der Waals surface area contributed by atoms with Crippen molar-refractivity contribution in [1.82, 2.24) is 0 Å². The van der Waals surface area contributed by atoms with E-state index in [0.717, 1.165) is 11.1 Å². The fourth-order valence-corrected chi connectivity index (χ4v) is 1.62. The molecule has 0 aliphatic carbocycles. The molecule has 1 aromatic carbocycles. The molecular weight excluding hydrogens is 207 g/mol. The zero-order valence-corrected chi connectivity index (χ0v) is 8.82. The molecule has 3 heteroatoms. The minimum atomic E-state index is 0.128. The van der Waals surface area contributed by atoms with Gasteiger partial charge in [0.25, 0.3) is 0 Å². The fourth-order valence-electron chi connectivity index (χ4n) is 1.18. The third-order valence-corrected chi connectivity index (χ3v) is 2.15. The van der Waals surface area contributed by atoms with Crippen LogP contribution in [0.15, 0.2) is 18.2 Å². The van der Waals surface area contributed by atoms with Crippen LogP contribution in [0.2, 0.25) is 5.02 Å². The second-order valence-corrected chi connectivity index (χ2v) is 3.68. The number of alkyl halides is 1. The molecule has 0 aliphatic rings. The first-order valence-corrected chi connectivity index (χ1v) is 4.87. The molecule has 0 radical (unpaired) electrons. The van der Waals surface area contributed by atoms with Crippen molar-refractivity contribution in [1.29, 1.82) is 0 Å². The largest absolute Gasteiger partial charge is 0.300 e. The smallest absolute Gasteiger partial charge is 0.134 e. The first kappa shape index (κ1) is 10.6. The minimum Gasteiger partial charge on any atom is -0.300 e. The highest BCUT2D eigenvalue weighted by atomic mass is 35.5. The molecule has 13 heavy (non-hydrogen) atoms. The van der Waals surface area contributed by atoms with Crippen LogP contribution in [-0.2, 0) is 17.1 Å². The minimum absolute atomic E-state index is 0.128. The van der Waals surface area contributed by atoms with Crippen LogP contribution in [0.4, 0.5) is 0 Å². The number of hydrogen-bond acceptors (Lipinski definition) is 1. The first-order valence-electron chi connectivity index (χ1n) is 3.95. The summed E-state index contributed by atoms with van der Waals surface area (Å²) in [6.45, 7) is 1.56. The Morgan fingerprint density at radius 1 is 1.31 bits per heavy atom. The van der Waals surface area contributed by atoms with E-state index in [4.69, 9.17) is 23.2 Å². The summed E-state index contributed by atoms with van der Waals surface area (Å²) in [4.78, 5) is 10.8. The fraction of sp³-hybridized carbons (Fsp3) is 0.300. The van der Waals surface area contributed by atoms with Crippen LogP contribution in [0, 0.1) is 0 Å². The standard InChI is InChI=1S/C10H10Cl2O/c1-7(13)2-8-3-9(6-11)5-10(12)4-8/h3-5H,2,6H2,1H3. The molecule has 0 spiro atoms. The third kappa shape index (κ3) is 3.37. The average Bonchev–Trinajstić information content (AvgIpc) is 2.01. The molecule has 0 amide bonds. The van der Waals surface area contributed by atoms with Gasteiger partial charge in [-0.25, -0.2) is 0 Å². The molecule has 1 nitrogen and oxygen atoms in total. The highest BCUT2D eigenvalue weighted by Crippen LogP contribution is 2.17. The van der Waals surface area contributed by atoms with Crippen LogP contribution in [0.3, 0.4) is 0 Å². The quantitative estimate of drug-likeness (QED) is 0.710. The lowest BCUT2D eigenvalue weighted by atomic mass is 10.1. The zero-order valence-electron chi connectivity index (χ0n) is 7.31. The summed E-state index contributed by atoms with van der Waals surface area (Å²) in [5.41, 5.74) is 1.88. The monoisotopic (exact) mass is 216 g/mol. The number of carbonyl (C=O) groups excluding carboxylic acids is 1. The Morgan fingerprint density at radius 2 is 1.92 bits per heavy atom. The topological polar surface area (TPSA) is 17.1 Å². The van der Waals surface area contributed by atoms with Crippen LogP contribution in [-0.4, -0.2) is 5.78 Å². The van der Waals surface area contributed by atoms with Gasteiger partial charge in [-0.15, -0.1) is 11.6 Å². The Bertz CT molecular complexity index is 321. The van der Waals surface area contributed by atoms with Crippen LogP contribution in [0.25, 0.3) is 0 Å².